The number of aliphatic hydroxyl groups is 2. The zero-order valence-corrected chi connectivity index (χ0v) is 41.5. The van der Waals surface area contributed by atoms with Gasteiger partial charge in [-0.2, -0.15) is 19.9 Å². The van der Waals surface area contributed by atoms with Gasteiger partial charge in [0.2, 0.25) is 35.5 Å². The molecule has 382 valence electrons. The maximum atomic E-state index is 11.7. The van der Waals surface area contributed by atoms with Gasteiger partial charge in [-0.25, -0.2) is 0 Å². The van der Waals surface area contributed by atoms with Gasteiger partial charge in [0.1, 0.15) is 23.9 Å². The minimum absolute atomic E-state index is 0.234. The Morgan fingerprint density at radius 3 is 1.55 bits per heavy atom. The van der Waals surface area contributed by atoms with Gasteiger partial charge < -0.3 is 70.1 Å². The number of likely N-dealkylation sites (N-methyl/N-ethyl adjacent to an activating group) is 2. The van der Waals surface area contributed by atoms with Crippen molar-refractivity contribution in [2.75, 3.05) is 105 Å². The molecule has 0 unspecified atom stereocenters. The van der Waals surface area contributed by atoms with Gasteiger partial charge in [-0.1, -0.05) is 25.3 Å². The van der Waals surface area contributed by atoms with Crippen molar-refractivity contribution >= 4 is 79.9 Å². The third-order valence-corrected chi connectivity index (χ3v) is 12.1. The van der Waals surface area contributed by atoms with Crippen molar-refractivity contribution in [3.05, 3.63) is 147 Å². The normalized spacial score (nSPS) is 13.7. The van der Waals surface area contributed by atoms with Crippen LogP contribution in [0.25, 0.3) is 22.1 Å². The first-order valence-electron chi connectivity index (χ1n) is 23.9. The number of fused-ring (bicyclic) bond motifs is 2. The number of nitrogens with zero attached hydrogens (tertiary/aromatic N) is 9. The first-order chi connectivity index (χ1) is 36.1. The zero-order chi connectivity index (χ0) is 52.0. The second-order valence-electron chi connectivity index (χ2n) is 17.2. The second kappa shape index (κ2) is 24.5. The Balaban J connectivity index is 0.000000191. The molecule has 2 amide bonds. The van der Waals surface area contributed by atoms with Crippen LogP contribution in [0.3, 0.4) is 0 Å². The van der Waals surface area contributed by atoms with Gasteiger partial charge in [0.25, 0.3) is 0 Å². The van der Waals surface area contributed by atoms with Crippen LogP contribution in [-0.2, 0) is 16.3 Å². The van der Waals surface area contributed by atoms with Gasteiger partial charge in [-0.3, -0.25) is 9.59 Å². The standard InChI is InChI=1S/C27H29N7O3.C26H27N7O2.CH4O/c1-3-24(36)28-20-5-4-6-22(17-20)37-26-23-11-12-34(18-35)25(23)30-27(31-26)29-19-7-9-21(10-8-19)33-15-13-32(2)14-16-33;1-3-23(34)28-19-5-4-6-21(17-19)35-25-22-11-12-27-24(22)30-26(31-25)29-18-7-9-20(10-8-18)33-15-13-32(2)14-16-33;1-2/h3-12,17,35H,1,13-16,18H2,2H3,(H,28,36)(H,29,30,31);3-12,17H,1,13-16H2,2H3,(H,28,34)(H2,27,29,30,31);2H,1H3. The van der Waals surface area contributed by atoms with E-state index in [9.17, 15) is 14.7 Å². The molecule has 7 N–H and O–H groups in total. The monoisotopic (exact) mass is 1000 g/mol. The van der Waals surface area contributed by atoms with Crippen molar-refractivity contribution in [2.24, 2.45) is 0 Å². The average Bonchev–Trinajstić information content (AvgIpc) is 4.08. The molecule has 4 aromatic carbocycles. The maximum absolute atomic E-state index is 11.7. The number of aromatic nitrogens is 6. The molecule has 10 rings (SSSR count). The van der Waals surface area contributed by atoms with E-state index in [-0.39, 0.29) is 18.5 Å². The van der Waals surface area contributed by atoms with E-state index in [1.807, 2.05) is 30.3 Å². The molecule has 0 radical (unpaired) electrons. The minimum Gasteiger partial charge on any atom is -0.438 e. The number of anilines is 8. The molecule has 74 heavy (non-hydrogen) atoms. The number of amides is 2. The molecule has 0 spiro atoms. The summed E-state index contributed by atoms with van der Waals surface area (Å²) in [5, 5.41) is 30.2. The van der Waals surface area contributed by atoms with E-state index in [4.69, 9.17) is 14.6 Å². The summed E-state index contributed by atoms with van der Waals surface area (Å²) in [7, 11) is 5.30. The molecule has 20 heteroatoms. The summed E-state index contributed by atoms with van der Waals surface area (Å²) in [5.41, 5.74) is 6.45. The Bertz CT molecular complexity index is 3180. The van der Waals surface area contributed by atoms with E-state index in [0.717, 1.165) is 76.2 Å². The predicted octanol–water partition coefficient (Wildman–Crippen LogP) is 7.77. The highest BCUT2D eigenvalue weighted by Gasteiger charge is 2.18. The number of aliphatic hydroxyl groups excluding tert-OH is 2. The zero-order valence-electron chi connectivity index (χ0n) is 41.5. The predicted molar refractivity (Wildman–Crippen MR) is 291 cm³/mol. The molecular formula is C54H60N14O6. The lowest BCUT2D eigenvalue weighted by molar-refractivity contribution is -0.112. The number of benzene rings is 4. The lowest BCUT2D eigenvalue weighted by Gasteiger charge is -2.34. The second-order valence-corrected chi connectivity index (χ2v) is 17.2. The van der Waals surface area contributed by atoms with Crippen LogP contribution < -0.4 is 40.5 Å². The van der Waals surface area contributed by atoms with E-state index < -0.39 is 0 Å². The molecule has 2 aliphatic heterocycles. The summed E-state index contributed by atoms with van der Waals surface area (Å²) in [6.45, 7) is 15.0. The number of H-pyrrole nitrogens is 1. The minimum atomic E-state index is -0.313. The summed E-state index contributed by atoms with van der Waals surface area (Å²) in [5.74, 6) is 1.89. The summed E-state index contributed by atoms with van der Waals surface area (Å²) in [6.07, 6.45) is 5.94. The maximum Gasteiger partial charge on any atom is 0.247 e. The van der Waals surface area contributed by atoms with E-state index in [1.54, 1.807) is 71.6 Å². The summed E-state index contributed by atoms with van der Waals surface area (Å²) >= 11 is 0. The Morgan fingerprint density at radius 1 is 0.608 bits per heavy atom. The molecule has 2 aliphatic rings. The fourth-order valence-corrected chi connectivity index (χ4v) is 8.12. The van der Waals surface area contributed by atoms with Gasteiger partial charge in [0.05, 0.1) is 10.8 Å². The van der Waals surface area contributed by atoms with Crippen molar-refractivity contribution in [3.8, 4) is 23.3 Å². The van der Waals surface area contributed by atoms with E-state index >= 15 is 0 Å². The molecule has 2 saturated heterocycles. The number of carbonyl (C=O) groups is 2. The molecule has 4 aromatic heterocycles. The molecule has 2 fully saturated rings. The smallest absolute Gasteiger partial charge is 0.247 e. The molecule has 8 aromatic rings. The topological polar surface area (TPSA) is 226 Å². The van der Waals surface area contributed by atoms with Gasteiger partial charge in [0, 0.05) is 118 Å². The van der Waals surface area contributed by atoms with Gasteiger partial charge in [0.15, 0.2) is 5.65 Å². The number of carbonyl (C=O) groups excluding carboxylic acids is 2. The SMILES string of the molecule is C=CC(=O)Nc1cccc(Oc2nc(Nc3ccc(N4CCN(C)CC4)cc3)nc3[nH]ccc23)c1.C=CC(=O)Nc1cccc(Oc2nc(Nc3ccc(N4CCN(C)CC4)cc3)nc3c2ccn3CO)c1.CO. The van der Waals surface area contributed by atoms with Crippen LogP contribution in [0, 0.1) is 0 Å². The quantitative estimate of drug-likeness (QED) is 0.0487. The van der Waals surface area contributed by atoms with Crippen molar-refractivity contribution in [2.45, 2.75) is 6.73 Å². The number of ether oxygens (including phenoxy) is 2. The van der Waals surface area contributed by atoms with Crippen LogP contribution in [0.5, 0.6) is 23.3 Å². The summed E-state index contributed by atoms with van der Waals surface area (Å²) in [4.78, 5) is 54.3. The molecule has 6 heterocycles. The highest BCUT2D eigenvalue weighted by molar-refractivity contribution is 5.99. The average molecular weight is 1000 g/mol. The molecule has 0 aliphatic carbocycles. The highest BCUT2D eigenvalue weighted by Crippen LogP contribution is 2.33. The third-order valence-electron chi connectivity index (χ3n) is 12.1. The van der Waals surface area contributed by atoms with Crippen molar-refractivity contribution in [1.82, 2.24) is 39.3 Å². The van der Waals surface area contributed by atoms with Gasteiger partial charge >= 0.3 is 0 Å². The molecular weight excluding hydrogens is 941 g/mol. The van der Waals surface area contributed by atoms with Crippen LogP contribution in [0.15, 0.2) is 147 Å². The van der Waals surface area contributed by atoms with E-state index in [1.165, 1.54) is 23.5 Å². The van der Waals surface area contributed by atoms with Crippen molar-refractivity contribution < 1.29 is 29.3 Å². The summed E-state index contributed by atoms with van der Waals surface area (Å²) < 4.78 is 13.8. The fraction of sp³-hybridized carbons (Fsp3) is 0.222. The Kier molecular flexibility index (Phi) is 17.1. The van der Waals surface area contributed by atoms with Crippen LogP contribution in [0.1, 0.15) is 0 Å². The Labute approximate surface area is 428 Å². The molecule has 0 bridgehead atoms. The highest BCUT2D eigenvalue weighted by atomic mass is 16.5. The van der Waals surface area contributed by atoms with Crippen LogP contribution >= 0.6 is 0 Å². The lowest BCUT2D eigenvalue weighted by atomic mass is 10.2. The van der Waals surface area contributed by atoms with Crippen LogP contribution in [0.4, 0.5) is 46.0 Å². The van der Waals surface area contributed by atoms with Crippen LogP contribution in [0.2, 0.25) is 0 Å². The van der Waals surface area contributed by atoms with Gasteiger partial charge in [-0.05, 0) is 111 Å². The number of hydrogen-bond acceptors (Lipinski definition) is 16. The third kappa shape index (κ3) is 13.2. The van der Waals surface area contributed by atoms with Crippen molar-refractivity contribution in [1.29, 1.82) is 0 Å². The van der Waals surface area contributed by atoms with Crippen LogP contribution in [-0.4, -0.2) is 135 Å². The number of aromatic amines is 1. The first kappa shape index (κ1) is 51.5. The van der Waals surface area contributed by atoms with Crippen molar-refractivity contribution in [3.63, 3.8) is 0 Å². The van der Waals surface area contributed by atoms with E-state index in [2.05, 4.69) is 117 Å². The molecule has 0 saturated carbocycles. The Morgan fingerprint density at radius 2 is 1.08 bits per heavy atom. The number of rotatable bonds is 15. The first-order valence-corrected chi connectivity index (χ1v) is 23.9. The fourth-order valence-electron chi connectivity index (χ4n) is 8.12. The largest absolute Gasteiger partial charge is 0.438 e. The summed E-state index contributed by atoms with van der Waals surface area (Å²) in [6, 6.07) is 34.2. The number of nitrogens with one attached hydrogen (secondary N) is 5. The Hall–Kier alpha value is -8.82. The van der Waals surface area contributed by atoms with E-state index in [0.29, 0.717) is 63.2 Å². The number of hydrogen-bond donors (Lipinski definition) is 7. The molecule has 0 atom stereocenters. The van der Waals surface area contributed by atoms with Gasteiger partial charge in [-0.15, -0.1) is 0 Å². The number of piperazine rings is 2. The lowest BCUT2D eigenvalue weighted by Crippen LogP contribution is -2.44. The molecule has 20 nitrogen and oxygen atoms in total.